The molecule has 0 atom stereocenters. The number of carbonyl (C=O) groups is 1. The largest absolute Gasteiger partial charge is 0.454 e. The maximum Gasteiger partial charge on any atom is 0.267 e. The molecule has 6 rings (SSSR count). The average Bonchev–Trinajstić information content (AvgIpc) is 3.50. The predicted octanol–water partition coefficient (Wildman–Crippen LogP) is 2.97. The smallest absolute Gasteiger partial charge is 0.267 e. The zero-order chi connectivity index (χ0) is 25.5. The minimum Gasteiger partial charge on any atom is -0.454 e. The SMILES string of the molecule is CCN1CCN(c2nc3ccccn3c(=O)c2C=C2SC(=S)N(Cc3ccc4c(c3)OCO4)C2=O)CC1. The Balaban J connectivity index is 1.34. The molecule has 3 aromatic rings. The van der Waals surface area contributed by atoms with Gasteiger partial charge in [0.1, 0.15) is 15.8 Å². The van der Waals surface area contributed by atoms with E-state index in [0.717, 1.165) is 38.3 Å². The second-order valence-corrected chi connectivity index (χ2v) is 10.6. The molecule has 5 heterocycles. The lowest BCUT2D eigenvalue weighted by Gasteiger charge is -2.35. The van der Waals surface area contributed by atoms with Crippen LogP contribution in [0.25, 0.3) is 11.7 Å². The minimum atomic E-state index is -0.230. The van der Waals surface area contributed by atoms with Crippen molar-refractivity contribution >= 4 is 51.7 Å². The van der Waals surface area contributed by atoms with Crippen LogP contribution in [0.1, 0.15) is 18.1 Å². The van der Waals surface area contributed by atoms with Crippen molar-refractivity contribution in [2.45, 2.75) is 13.5 Å². The van der Waals surface area contributed by atoms with E-state index in [1.807, 2.05) is 30.3 Å². The molecule has 0 bridgehead atoms. The second kappa shape index (κ2) is 9.81. The molecule has 3 aliphatic heterocycles. The number of piperazine rings is 1. The third-order valence-corrected chi connectivity index (χ3v) is 8.17. The number of aromatic nitrogens is 2. The molecule has 0 spiro atoms. The molecule has 3 aliphatic rings. The number of fused-ring (bicyclic) bond motifs is 2. The van der Waals surface area contributed by atoms with Crippen LogP contribution in [0, 0.1) is 0 Å². The molecular weight excluding hydrogens is 510 g/mol. The normalized spacial score (nSPS) is 19.0. The lowest BCUT2D eigenvalue weighted by Crippen LogP contribution is -2.47. The standard InChI is InChI=1S/C26H25N5O4S2/c1-2-28-9-11-29(12-10-28)23-18(24(32)30-8-4-3-5-22(30)27-23)14-21-25(33)31(26(36)37-21)15-17-6-7-19-20(13-17)35-16-34-19/h3-8,13-14H,2,9-12,15-16H2,1H3. The van der Waals surface area contributed by atoms with Crippen molar-refractivity contribution in [2.75, 3.05) is 44.4 Å². The zero-order valence-corrected chi connectivity index (χ0v) is 21.9. The van der Waals surface area contributed by atoms with E-state index < -0.39 is 0 Å². The van der Waals surface area contributed by atoms with E-state index in [2.05, 4.69) is 16.7 Å². The Kier molecular flexibility index (Phi) is 6.35. The maximum atomic E-state index is 13.6. The fourth-order valence-corrected chi connectivity index (χ4v) is 5.96. The van der Waals surface area contributed by atoms with Crippen molar-refractivity contribution in [3.05, 3.63) is 69.0 Å². The van der Waals surface area contributed by atoms with Crippen LogP contribution in [-0.2, 0) is 11.3 Å². The fraction of sp³-hybridized carbons (Fsp3) is 0.308. The highest BCUT2D eigenvalue weighted by Crippen LogP contribution is 2.37. The number of hydrogen-bond acceptors (Lipinski definition) is 9. The topological polar surface area (TPSA) is 79.6 Å². The van der Waals surface area contributed by atoms with Crippen molar-refractivity contribution in [1.29, 1.82) is 0 Å². The van der Waals surface area contributed by atoms with E-state index in [9.17, 15) is 9.59 Å². The van der Waals surface area contributed by atoms with Crippen LogP contribution in [0.15, 0.2) is 52.3 Å². The summed E-state index contributed by atoms with van der Waals surface area (Å²) in [6.07, 6.45) is 3.36. The van der Waals surface area contributed by atoms with Gasteiger partial charge in [0.2, 0.25) is 6.79 Å². The lowest BCUT2D eigenvalue weighted by molar-refractivity contribution is -0.122. The molecule has 0 unspecified atom stereocenters. The van der Waals surface area contributed by atoms with Gasteiger partial charge in [-0.3, -0.25) is 18.9 Å². The molecule has 11 heteroatoms. The summed E-state index contributed by atoms with van der Waals surface area (Å²) in [5.74, 6) is 1.71. The summed E-state index contributed by atoms with van der Waals surface area (Å²) < 4.78 is 12.8. The van der Waals surface area contributed by atoms with Crippen molar-refractivity contribution < 1.29 is 14.3 Å². The number of amides is 1. The van der Waals surface area contributed by atoms with Crippen LogP contribution in [0.2, 0.25) is 0 Å². The van der Waals surface area contributed by atoms with Crippen molar-refractivity contribution in [3.8, 4) is 11.5 Å². The van der Waals surface area contributed by atoms with Crippen LogP contribution in [0.5, 0.6) is 11.5 Å². The number of carbonyl (C=O) groups excluding carboxylic acids is 1. The Morgan fingerprint density at radius 2 is 1.89 bits per heavy atom. The third kappa shape index (κ3) is 4.47. The average molecular weight is 536 g/mol. The molecule has 190 valence electrons. The molecule has 0 aliphatic carbocycles. The van der Waals surface area contributed by atoms with E-state index in [1.165, 1.54) is 16.2 Å². The van der Waals surface area contributed by atoms with Gasteiger partial charge in [-0.1, -0.05) is 43.0 Å². The van der Waals surface area contributed by atoms with Crippen molar-refractivity contribution in [3.63, 3.8) is 0 Å². The van der Waals surface area contributed by atoms with Gasteiger partial charge in [0, 0.05) is 32.4 Å². The van der Waals surface area contributed by atoms with Gasteiger partial charge in [-0.15, -0.1) is 0 Å². The number of nitrogens with zero attached hydrogens (tertiary/aromatic N) is 5. The second-order valence-electron chi connectivity index (χ2n) is 8.96. The van der Waals surface area contributed by atoms with Crippen molar-refractivity contribution in [2.24, 2.45) is 0 Å². The van der Waals surface area contributed by atoms with Crippen molar-refractivity contribution in [1.82, 2.24) is 19.2 Å². The number of benzene rings is 1. The van der Waals surface area contributed by atoms with Crippen LogP contribution in [-0.4, -0.2) is 68.9 Å². The van der Waals surface area contributed by atoms with Crippen LogP contribution < -0.4 is 19.9 Å². The molecule has 9 nitrogen and oxygen atoms in total. The molecule has 1 aromatic carbocycles. The quantitative estimate of drug-likeness (QED) is 0.362. The number of anilines is 1. The zero-order valence-electron chi connectivity index (χ0n) is 20.3. The maximum absolute atomic E-state index is 13.6. The van der Waals surface area contributed by atoms with E-state index in [4.69, 9.17) is 26.7 Å². The van der Waals surface area contributed by atoms with Gasteiger partial charge in [0.05, 0.1) is 17.0 Å². The summed E-state index contributed by atoms with van der Waals surface area (Å²) in [7, 11) is 0. The molecule has 37 heavy (non-hydrogen) atoms. The Morgan fingerprint density at radius 3 is 2.70 bits per heavy atom. The predicted molar refractivity (Wildman–Crippen MR) is 147 cm³/mol. The summed E-state index contributed by atoms with van der Waals surface area (Å²) >= 11 is 6.76. The van der Waals surface area contributed by atoms with Crippen LogP contribution >= 0.6 is 24.0 Å². The van der Waals surface area contributed by atoms with Gasteiger partial charge in [-0.05, 0) is 42.4 Å². The Hall–Kier alpha value is -3.41. The van der Waals surface area contributed by atoms with Gasteiger partial charge >= 0.3 is 0 Å². The molecule has 0 N–H and O–H groups in total. The summed E-state index contributed by atoms with van der Waals surface area (Å²) in [6.45, 7) is 6.93. The highest BCUT2D eigenvalue weighted by atomic mass is 32.2. The summed E-state index contributed by atoms with van der Waals surface area (Å²) in [4.78, 5) is 38.4. The summed E-state index contributed by atoms with van der Waals surface area (Å²) in [5.41, 5.74) is 1.65. The highest BCUT2D eigenvalue weighted by molar-refractivity contribution is 8.26. The van der Waals surface area contributed by atoms with Crippen LogP contribution in [0.3, 0.4) is 0 Å². The Bertz CT molecular complexity index is 1500. The number of ether oxygens (including phenoxy) is 2. The monoisotopic (exact) mass is 535 g/mol. The summed E-state index contributed by atoms with van der Waals surface area (Å²) in [5, 5.41) is 0. The number of thioether (sulfide) groups is 1. The first kappa shape index (κ1) is 24.0. The first-order chi connectivity index (χ1) is 18.0. The molecule has 2 aromatic heterocycles. The van der Waals surface area contributed by atoms with E-state index in [1.54, 1.807) is 23.2 Å². The highest BCUT2D eigenvalue weighted by Gasteiger charge is 2.33. The molecule has 0 radical (unpaired) electrons. The van der Waals surface area contributed by atoms with Crippen LogP contribution in [0.4, 0.5) is 5.82 Å². The van der Waals surface area contributed by atoms with E-state index in [0.29, 0.717) is 44.3 Å². The number of hydrogen-bond donors (Lipinski definition) is 0. The van der Waals surface area contributed by atoms with Gasteiger partial charge < -0.3 is 19.3 Å². The van der Waals surface area contributed by atoms with E-state index in [-0.39, 0.29) is 18.3 Å². The number of rotatable bonds is 5. The van der Waals surface area contributed by atoms with E-state index >= 15 is 0 Å². The summed E-state index contributed by atoms with van der Waals surface area (Å²) in [6, 6.07) is 11.1. The molecule has 1 amide bonds. The Morgan fingerprint density at radius 1 is 1.08 bits per heavy atom. The number of likely N-dealkylation sites (N-methyl/N-ethyl adjacent to an activating group) is 1. The first-order valence-electron chi connectivity index (χ1n) is 12.1. The van der Waals surface area contributed by atoms with Gasteiger partial charge in [0.25, 0.3) is 11.5 Å². The Labute approximate surface area is 223 Å². The lowest BCUT2D eigenvalue weighted by atomic mass is 10.2. The minimum absolute atomic E-state index is 0.188. The fourth-order valence-electron chi connectivity index (χ4n) is 4.72. The number of pyridine rings is 1. The molecule has 2 fully saturated rings. The first-order valence-corrected chi connectivity index (χ1v) is 13.4. The molecule has 0 saturated carbocycles. The number of thiocarbonyl (C=S) groups is 1. The van der Waals surface area contributed by atoms with Gasteiger partial charge in [-0.25, -0.2) is 4.98 Å². The molecular formula is C26H25N5O4S2. The van der Waals surface area contributed by atoms with Gasteiger partial charge in [-0.2, -0.15) is 0 Å². The third-order valence-electron chi connectivity index (χ3n) is 6.79. The van der Waals surface area contributed by atoms with Gasteiger partial charge in [0.15, 0.2) is 11.5 Å². The molecule has 2 saturated heterocycles.